The molecule has 0 radical (unpaired) electrons. The summed E-state index contributed by atoms with van der Waals surface area (Å²) < 4.78 is 0. The molecule has 2 rings (SSSR count). The first-order valence-electron chi connectivity index (χ1n) is 6.84. The number of carbonyl (C=O) groups excluding carboxylic acids is 1. The number of ketones is 1. The number of hydrogen-bond donors (Lipinski definition) is 0. The first-order valence-corrected chi connectivity index (χ1v) is 6.84. The average Bonchev–Trinajstić information content (AvgIpc) is 2.41. The van der Waals surface area contributed by atoms with Crippen LogP contribution in [0, 0.1) is 6.92 Å². The number of rotatable bonds is 3. The van der Waals surface area contributed by atoms with Gasteiger partial charge in [0.1, 0.15) is 0 Å². The number of carbonyl (C=O) groups is 1. The van der Waals surface area contributed by atoms with Crippen LogP contribution >= 0.6 is 0 Å². The molecule has 0 aromatic heterocycles. The van der Waals surface area contributed by atoms with Crippen LogP contribution in [0.25, 0.3) is 17.2 Å². The van der Waals surface area contributed by atoms with Gasteiger partial charge in [-0.1, -0.05) is 48.0 Å². The van der Waals surface area contributed by atoms with Crippen LogP contribution < -0.4 is 0 Å². The predicted octanol–water partition coefficient (Wildman–Crippen LogP) is 5.29. The van der Waals surface area contributed by atoms with E-state index in [0.29, 0.717) is 0 Å². The molecule has 1 heteroatoms. The Bertz CT molecular complexity index is 657. The molecular formula is C19H20O. The molecule has 0 saturated heterocycles. The van der Waals surface area contributed by atoms with Gasteiger partial charge in [-0.15, -0.1) is 0 Å². The Morgan fingerprint density at radius 1 is 0.900 bits per heavy atom. The van der Waals surface area contributed by atoms with Gasteiger partial charge in [0.25, 0.3) is 0 Å². The topological polar surface area (TPSA) is 17.1 Å². The zero-order chi connectivity index (χ0) is 14.7. The summed E-state index contributed by atoms with van der Waals surface area (Å²) in [5.74, 6) is 0.102. The lowest BCUT2D eigenvalue weighted by Gasteiger charge is -2.07. The normalized spacial score (nSPS) is 10.2. The summed E-state index contributed by atoms with van der Waals surface area (Å²) in [6.45, 7) is 7.92. The summed E-state index contributed by atoms with van der Waals surface area (Å²) in [5.41, 5.74) is 6.88. The summed E-state index contributed by atoms with van der Waals surface area (Å²) in [4.78, 5) is 11.3. The highest BCUT2D eigenvalue weighted by Crippen LogP contribution is 2.24. The van der Waals surface area contributed by atoms with Crippen molar-refractivity contribution < 1.29 is 4.79 Å². The third kappa shape index (κ3) is 3.24. The van der Waals surface area contributed by atoms with Crippen LogP contribution in [0.4, 0.5) is 0 Å². The molecule has 102 valence electrons. The molecule has 20 heavy (non-hydrogen) atoms. The maximum absolute atomic E-state index is 11.3. The van der Waals surface area contributed by atoms with Gasteiger partial charge >= 0.3 is 0 Å². The first kappa shape index (κ1) is 14.3. The second kappa shape index (κ2) is 5.87. The fourth-order valence-electron chi connectivity index (χ4n) is 2.18. The SMILES string of the molecule is CC(=O)c1ccc(-c2ccc(C)c(C=C(C)C)c2)cc1. The number of benzene rings is 2. The number of Topliss-reactive ketones (excluding diaryl/α,β-unsaturated/α-hetero) is 1. The van der Waals surface area contributed by atoms with E-state index >= 15 is 0 Å². The lowest BCUT2D eigenvalue weighted by atomic mass is 9.97. The Morgan fingerprint density at radius 3 is 2.05 bits per heavy atom. The minimum atomic E-state index is 0.102. The lowest BCUT2D eigenvalue weighted by Crippen LogP contribution is -1.91. The van der Waals surface area contributed by atoms with Crippen molar-refractivity contribution in [2.24, 2.45) is 0 Å². The Labute approximate surface area is 121 Å². The quantitative estimate of drug-likeness (QED) is 0.688. The van der Waals surface area contributed by atoms with Crippen molar-refractivity contribution >= 4 is 11.9 Å². The van der Waals surface area contributed by atoms with Gasteiger partial charge in [-0.3, -0.25) is 4.79 Å². The molecule has 0 saturated carbocycles. The van der Waals surface area contributed by atoms with E-state index in [-0.39, 0.29) is 5.78 Å². The summed E-state index contributed by atoms with van der Waals surface area (Å²) in [6, 6.07) is 14.3. The summed E-state index contributed by atoms with van der Waals surface area (Å²) in [5, 5.41) is 0. The van der Waals surface area contributed by atoms with Crippen molar-refractivity contribution in [1.29, 1.82) is 0 Å². The largest absolute Gasteiger partial charge is 0.295 e. The van der Waals surface area contributed by atoms with Crippen molar-refractivity contribution in [3.8, 4) is 11.1 Å². The molecule has 0 bridgehead atoms. The molecular weight excluding hydrogens is 244 g/mol. The molecule has 2 aromatic rings. The van der Waals surface area contributed by atoms with E-state index in [1.807, 2.05) is 24.3 Å². The Hall–Kier alpha value is -2.15. The van der Waals surface area contributed by atoms with Crippen LogP contribution in [0.3, 0.4) is 0 Å². The van der Waals surface area contributed by atoms with Crippen molar-refractivity contribution in [3.05, 3.63) is 64.7 Å². The van der Waals surface area contributed by atoms with Gasteiger partial charge in [-0.05, 0) is 56.0 Å². The number of aryl methyl sites for hydroxylation is 1. The predicted molar refractivity (Wildman–Crippen MR) is 85.9 cm³/mol. The summed E-state index contributed by atoms with van der Waals surface area (Å²) in [6.07, 6.45) is 2.20. The molecule has 0 unspecified atom stereocenters. The van der Waals surface area contributed by atoms with Crippen LogP contribution in [0.1, 0.15) is 42.3 Å². The Balaban J connectivity index is 2.42. The van der Waals surface area contributed by atoms with Gasteiger partial charge in [0.05, 0.1) is 0 Å². The Kier molecular flexibility index (Phi) is 4.19. The van der Waals surface area contributed by atoms with E-state index in [0.717, 1.165) is 11.1 Å². The Morgan fingerprint density at radius 2 is 1.50 bits per heavy atom. The van der Waals surface area contributed by atoms with Crippen molar-refractivity contribution in [2.45, 2.75) is 27.7 Å². The van der Waals surface area contributed by atoms with Crippen molar-refractivity contribution in [1.82, 2.24) is 0 Å². The summed E-state index contributed by atoms with van der Waals surface area (Å²) in [7, 11) is 0. The van der Waals surface area contributed by atoms with Gasteiger partial charge in [-0.2, -0.15) is 0 Å². The maximum atomic E-state index is 11.3. The molecule has 0 fully saturated rings. The van der Waals surface area contributed by atoms with Crippen LogP contribution in [-0.2, 0) is 0 Å². The molecule has 1 nitrogen and oxygen atoms in total. The molecule has 0 heterocycles. The third-order valence-electron chi connectivity index (χ3n) is 3.35. The van der Waals surface area contributed by atoms with Crippen molar-refractivity contribution in [2.75, 3.05) is 0 Å². The summed E-state index contributed by atoms with van der Waals surface area (Å²) >= 11 is 0. The van der Waals surface area contributed by atoms with Gasteiger partial charge in [0.2, 0.25) is 0 Å². The maximum Gasteiger partial charge on any atom is 0.159 e. The molecule has 0 amide bonds. The monoisotopic (exact) mass is 264 g/mol. The zero-order valence-corrected chi connectivity index (χ0v) is 12.5. The lowest BCUT2D eigenvalue weighted by molar-refractivity contribution is 0.101. The fraction of sp³-hybridized carbons (Fsp3) is 0.211. The van der Waals surface area contributed by atoms with Gasteiger partial charge in [0.15, 0.2) is 5.78 Å². The van der Waals surface area contributed by atoms with E-state index < -0.39 is 0 Å². The molecule has 0 aliphatic heterocycles. The highest BCUT2D eigenvalue weighted by atomic mass is 16.1. The van der Waals surface area contributed by atoms with E-state index in [1.165, 1.54) is 22.3 Å². The fourth-order valence-corrected chi connectivity index (χ4v) is 2.18. The second-order valence-electron chi connectivity index (χ2n) is 5.43. The van der Waals surface area contributed by atoms with E-state index in [9.17, 15) is 4.79 Å². The highest BCUT2D eigenvalue weighted by molar-refractivity contribution is 5.94. The minimum absolute atomic E-state index is 0.102. The molecule has 0 aliphatic carbocycles. The van der Waals surface area contributed by atoms with E-state index in [4.69, 9.17) is 0 Å². The standard InChI is InChI=1S/C19H20O/c1-13(2)11-19-12-18(6-5-14(19)3)17-9-7-16(8-10-17)15(4)20/h5-12H,1-4H3. The molecule has 2 aromatic carbocycles. The number of allylic oxidation sites excluding steroid dienone is 1. The van der Waals surface area contributed by atoms with E-state index in [1.54, 1.807) is 6.92 Å². The highest BCUT2D eigenvalue weighted by Gasteiger charge is 2.03. The minimum Gasteiger partial charge on any atom is -0.295 e. The third-order valence-corrected chi connectivity index (χ3v) is 3.35. The van der Waals surface area contributed by atoms with Crippen LogP contribution in [0.15, 0.2) is 48.0 Å². The van der Waals surface area contributed by atoms with Crippen LogP contribution in [0.2, 0.25) is 0 Å². The average molecular weight is 264 g/mol. The van der Waals surface area contributed by atoms with Gasteiger partial charge < -0.3 is 0 Å². The smallest absolute Gasteiger partial charge is 0.159 e. The molecule has 0 N–H and O–H groups in total. The van der Waals surface area contributed by atoms with Gasteiger partial charge in [0, 0.05) is 5.56 Å². The van der Waals surface area contributed by atoms with Gasteiger partial charge in [-0.25, -0.2) is 0 Å². The van der Waals surface area contributed by atoms with Crippen LogP contribution in [0.5, 0.6) is 0 Å². The zero-order valence-electron chi connectivity index (χ0n) is 12.5. The molecule has 0 spiro atoms. The van der Waals surface area contributed by atoms with E-state index in [2.05, 4.69) is 45.0 Å². The molecule has 0 aliphatic rings. The first-order chi connectivity index (χ1) is 9.47. The van der Waals surface area contributed by atoms with Crippen molar-refractivity contribution in [3.63, 3.8) is 0 Å². The number of hydrogen-bond acceptors (Lipinski definition) is 1. The molecule has 0 atom stereocenters. The second-order valence-corrected chi connectivity index (χ2v) is 5.43. The van der Waals surface area contributed by atoms with Crippen LogP contribution in [-0.4, -0.2) is 5.78 Å².